The molecule has 0 amide bonds. The quantitative estimate of drug-likeness (QED) is 0.373. The summed E-state index contributed by atoms with van der Waals surface area (Å²) in [5.41, 5.74) is 6.02. The van der Waals surface area contributed by atoms with Crippen LogP contribution in [0.4, 0.5) is 0 Å². The highest BCUT2D eigenvalue weighted by Crippen LogP contribution is 2.23. The highest BCUT2D eigenvalue weighted by Gasteiger charge is 2.02. The summed E-state index contributed by atoms with van der Waals surface area (Å²) in [5, 5.41) is 13.1. The summed E-state index contributed by atoms with van der Waals surface area (Å²) in [6.45, 7) is 0. The summed E-state index contributed by atoms with van der Waals surface area (Å²) < 4.78 is 0. The lowest BCUT2D eigenvalue weighted by atomic mass is 10.3. The largest absolute Gasteiger partial charge is 0.409 e. The van der Waals surface area contributed by atoms with Crippen molar-refractivity contribution in [2.24, 2.45) is 10.9 Å². The van der Waals surface area contributed by atoms with Crippen LogP contribution < -0.4 is 5.73 Å². The first-order valence-corrected chi connectivity index (χ1v) is 5.64. The van der Waals surface area contributed by atoms with Gasteiger partial charge in [0.1, 0.15) is 10.1 Å². The Morgan fingerprint density at radius 1 is 1.18 bits per heavy atom. The van der Waals surface area contributed by atoms with Crippen molar-refractivity contribution >= 4 is 17.6 Å². The molecule has 0 aliphatic rings. The molecule has 0 unspecified atom stereocenters. The van der Waals surface area contributed by atoms with Crippen LogP contribution in [0.15, 0.2) is 57.9 Å². The van der Waals surface area contributed by atoms with E-state index in [1.807, 2.05) is 18.2 Å². The molecule has 2 heterocycles. The number of nitrogens with two attached hydrogens (primary N) is 1. The van der Waals surface area contributed by atoms with Crippen molar-refractivity contribution < 1.29 is 5.21 Å². The van der Waals surface area contributed by atoms with Gasteiger partial charge in [0.2, 0.25) is 0 Å². The van der Waals surface area contributed by atoms with E-state index in [0.29, 0.717) is 5.56 Å². The number of oxime groups is 1. The molecule has 0 aliphatic carbocycles. The molecule has 0 atom stereocenters. The van der Waals surface area contributed by atoms with E-state index in [1.54, 1.807) is 24.5 Å². The van der Waals surface area contributed by atoms with Gasteiger partial charge in [-0.05, 0) is 24.3 Å². The Morgan fingerprint density at radius 2 is 2.00 bits per heavy atom. The topological polar surface area (TPSA) is 84.4 Å². The van der Waals surface area contributed by atoms with Gasteiger partial charge < -0.3 is 10.9 Å². The highest BCUT2D eigenvalue weighted by atomic mass is 32.2. The van der Waals surface area contributed by atoms with Crippen LogP contribution in [-0.4, -0.2) is 21.0 Å². The Balaban J connectivity index is 2.14. The van der Waals surface area contributed by atoms with Gasteiger partial charge in [0, 0.05) is 18.0 Å². The molecule has 0 aromatic carbocycles. The number of rotatable bonds is 3. The summed E-state index contributed by atoms with van der Waals surface area (Å²) in [7, 11) is 0. The van der Waals surface area contributed by atoms with Gasteiger partial charge in [0.05, 0.1) is 0 Å². The van der Waals surface area contributed by atoms with Crippen molar-refractivity contribution in [3.8, 4) is 0 Å². The van der Waals surface area contributed by atoms with Gasteiger partial charge in [0.25, 0.3) is 0 Å². The maximum absolute atomic E-state index is 8.51. The zero-order valence-corrected chi connectivity index (χ0v) is 9.63. The molecule has 0 radical (unpaired) electrons. The van der Waals surface area contributed by atoms with Crippen molar-refractivity contribution in [2.45, 2.75) is 10.1 Å². The Labute approximate surface area is 102 Å². The average Bonchev–Trinajstić information content (AvgIpc) is 2.40. The second kappa shape index (κ2) is 5.31. The van der Waals surface area contributed by atoms with E-state index >= 15 is 0 Å². The third-order valence-corrected chi connectivity index (χ3v) is 2.89. The molecule has 86 valence electrons. The molecule has 0 aliphatic heterocycles. The van der Waals surface area contributed by atoms with Crippen LogP contribution in [0.3, 0.4) is 0 Å². The predicted octanol–water partition coefficient (Wildman–Crippen LogP) is 1.72. The van der Waals surface area contributed by atoms with Crippen LogP contribution in [0.25, 0.3) is 0 Å². The second-order valence-corrected chi connectivity index (χ2v) is 4.18. The van der Waals surface area contributed by atoms with Gasteiger partial charge in [-0.3, -0.25) is 0 Å². The fraction of sp³-hybridized carbons (Fsp3) is 0. The predicted molar refractivity (Wildman–Crippen MR) is 65.1 cm³/mol. The van der Waals surface area contributed by atoms with Gasteiger partial charge in [-0.1, -0.05) is 23.0 Å². The van der Waals surface area contributed by atoms with E-state index in [2.05, 4.69) is 15.1 Å². The van der Waals surface area contributed by atoms with Crippen LogP contribution in [0.5, 0.6) is 0 Å². The minimum atomic E-state index is 0.0480. The standard InChI is InChI=1S/C11H10N4OS/c12-11(15-16)8-4-5-10(14-7-8)17-9-3-1-2-6-13-9/h1-7,16H,(H2,12,15). The van der Waals surface area contributed by atoms with Crippen molar-refractivity contribution in [3.05, 3.63) is 48.3 Å². The Bertz CT molecular complexity index is 513. The average molecular weight is 246 g/mol. The second-order valence-electron chi connectivity index (χ2n) is 3.14. The minimum Gasteiger partial charge on any atom is -0.409 e. The van der Waals surface area contributed by atoms with Crippen molar-refractivity contribution in [3.63, 3.8) is 0 Å². The van der Waals surface area contributed by atoms with E-state index in [1.165, 1.54) is 11.8 Å². The van der Waals surface area contributed by atoms with Crippen molar-refractivity contribution in [1.29, 1.82) is 0 Å². The lowest BCUT2D eigenvalue weighted by Gasteiger charge is -2.01. The van der Waals surface area contributed by atoms with E-state index in [4.69, 9.17) is 10.9 Å². The van der Waals surface area contributed by atoms with Crippen LogP contribution in [0, 0.1) is 0 Å². The van der Waals surface area contributed by atoms with Gasteiger partial charge in [-0.25, -0.2) is 9.97 Å². The first-order valence-electron chi connectivity index (χ1n) is 4.82. The third-order valence-electron chi connectivity index (χ3n) is 1.99. The maximum atomic E-state index is 8.51. The minimum absolute atomic E-state index is 0.0480. The summed E-state index contributed by atoms with van der Waals surface area (Å²) in [4.78, 5) is 8.38. The van der Waals surface area contributed by atoms with Gasteiger partial charge >= 0.3 is 0 Å². The van der Waals surface area contributed by atoms with Crippen LogP contribution in [0.1, 0.15) is 5.56 Å². The Hall–Kier alpha value is -2.08. The highest BCUT2D eigenvalue weighted by molar-refractivity contribution is 7.99. The lowest BCUT2D eigenvalue weighted by molar-refractivity contribution is 0.318. The third kappa shape index (κ3) is 2.94. The van der Waals surface area contributed by atoms with Crippen LogP contribution >= 0.6 is 11.8 Å². The number of hydrogen-bond acceptors (Lipinski definition) is 5. The molecule has 0 saturated heterocycles. The van der Waals surface area contributed by atoms with Gasteiger partial charge in [-0.2, -0.15) is 0 Å². The van der Waals surface area contributed by atoms with Gasteiger partial charge in [-0.15, -0.1) is 0 Å². The van der Waals surface area contributed by atoms with Crippen molar-refractivity contribution in [1.82, 2.24) is 9.97 Å². The summed E-state index contributed by atoms with van der Waals surface area (Å²) in [6.07, 6.45) is 3.29. The monoisotopic (exact) mass is 246 g/mol. The molecule has 0 bridgehead atoms. The zero-order chi connectivity index (χ0) is 12.1. The van der Waals surface area contributed by atoms with Crippen LogP contribution in [0.2, 0.25) is 0 Å². The SMILES string of the molecule is N/C(=N\O)c1ccc(Sc2ccccn2)nc1. The number of pyridine rings is 2. The smallest absolute Gasteiger partial charge is 0.171 e. The molecular weight excluding hydrogens is 236 g/mol. The molecule has 2 aromatic heterocycles. The molecule has 0 fully saturated rings. The molecular formula is C11H10N4OS. The molecule has 2 rings (SSSR count). The summed E-state index contributed by atoms with van der Waals surface area (Å²) in [5.74, 6) is 0.0480. The summed E-state index contributed by atoms with van der Waals surface area (Å²) in [6, 6.07) is 9.23. The molecule has 5 nitrogen and oxygen atoms in total. The Morgan fingerprint density at radius 3 is 2.59 bits per heavy atom. The molecule has 0 saturated carbocycles. The maximum Gasteiger partial charge on any atom is 0.171 e. The number of amidine groups is 1. The molecule has 2 aromatic rings. The van der Waals surface area contributed by atoms with E-state index in [9.17, 15) is 0 Å². The first-order chi connectivity index (χ1) is 8.29. The lowest BCUT2D eigenvalue weighted by Crippen LogP contribution is -2.13. The fourth-order valence-corrected chi connectivity index (χ4v) is 1.88. The Kier molecular flexibility index (Phi) is 3.56. The number of aromatic nitrogens is 2. The zero-order valence-electron chi connectivity index (χ0n) is 8.82. The molecule has 3 N–H and O–H groups in total. The molecule has 17 heavy (non-hydrogen) atoms. The van der Waals surface area contributed by atoms with E-state index in [0.717, 1.165) is 10.1 Å². The number of nitrogens with zero attached hydrogens (tertiary/aromatic N) is 3. The van der Waals surface area contributed by atoms with Crippen molar-refractivity contribution in [2.75, 3.05) is 0 Å². The number of hydrogen-bond donors (Lipinski definition) is 2. The van der Waals surface area contributed by atoms with Gasteiger partial charge in [0.15, 0.2) is 5.84 Å². The van der Waals surface area contributed by atoms with Crippen LogP contribution in [-0.2, 0) is 0 Å². The fourth-order valence-electron chi connectivity index (χ4n) is 1.16. The van der Waals surface area contributed by atoms with E-state index < -0.39 is 0 Å². The van der Waals surface area contributed by atoms with E-state index in [-0.39, 0.29) is 5.84 Å². The summed E-state index contributed by atoms with van der Waals surface area (Å²) >= 11 is 1.45. The normalized spacial score (nSPS) is 11.4. The first kappa shape index (κ1) is 11.4. The molecule has 6 heteroatoms. The molecule has 0 spiro atoms.